The van der Waals surface area contributed by atoms with Crippen molar-refractivity contribution in [3.05, 3.63) is 66.5 Å². The Bertz CT molecular complexity index is 755. The zero-order valence-electron chi connectivity index (χ0n) is 14.3. The molecule has 26 heavy (non-hydrogen) atoms. The van der Waals surface area contributed by atoms with Crippen LogP contribution in [0.2, 0.25) is 0 Å². The highest BCUT2D eigenvalue weighted by molar-refractivity contribution is 5.92. The number of ether oxygens (including phenoxy) is 4. The van der Waals surface area contributed by atoms with Crippen LogP contribution in [0.25, 0.3) is 0 Å². The molecule has 0 amide bonds. The smallest absolute Gasteiger partial charge is 0.252 e. The van der Waals surface area contributed by atoms with Crippen molar-refractivity contribution in [2.24, 2.45) is 5.16 Å². The van der Waals surface area contributed by atoms with Gasteiger partial charge in [-0.05, 0) is 0 Å². The van der Waals surface area contributed by atoms with E-state index in [0.29, 0.717) is 12.3 Å². The lowest BCUT2D eigenvalue weighted by Crippen LogP contribution is -2.63. The van der Waals surface area contributed by atoms with E-state index in [4.69, 9.17) is 18.9 Å². The van der Waals surface area contributed by atoms with Crippen molar-refractivity contribution in [1.29, 1.82) is 0 Å². The molecule has 2 fully saturated rings. The van der Waals surface area contributed by atoms with Crippen LogP contribution in [0.5, 0.6) is 0 Å². The molecule has 5 unspecified atom stereocenters. The van der Waals surface area contributed by atoms with Crippen molar-refractivity contribution < 1.29 is 28.7 Å². The summed E-state index contributed by atoms with van der Waals surface area (Å²) in [6.07, 6.45) is 1.64. The molecular weight excluding hydrogens is 336 g/mol. The van der Waals surface area contributed by atoms with Gasteiger partial charge in [-0.15, -0.1) is 0 Å². The molecule has 5 atom stereocenters. The van der Waals surface area contributed by atoms with E-state index < -0.39 is 30.8 Å². The number of benzene rings is 1. The molecule has 136 valence electrons. The zero-order valence-corrected chi connectivity index (χ0v) is 14.3. The van der Waals surface area contributed by atoms with Gasteiger partial charge in [-0.2, -0.15) is 4.57 Å². The summed E-state index contributed by atoms with van der Waals surface area (Å²) in [4.78, 5) is 0. The normalized spacial score (nSPS) is 33.0. The van der Waals surface area contributed by atoms with Crippen LogP contribution in [-0.2, 0) is 18.9 Å². The Balaban J connectivity index is 1.65. The maximum Gasteiger partial charge on any atom is 0.252 e. The number of nitrogens with zero attached hydrogens (tertiary/aromatic N) is 2. The Labute approximate surface area is 151 Å². The van der Waals surface area contributed by atoms with Gasteiger partial charge in [0, 0.05) is 24.8 Å². The van der Waals surface area contributed by atoms with Crippen LogP contribution >= 0.6 is 0 Å². The summed E-state index contributed by atoms with van der Waals surface area (Å²) in [7, 11) is 1.56. The van der Waals surface area contributed by atoms with E-state index in [1.54, 1.807) is 7.11 Å². The maximum absolute atomic E-state index is 9.77. The number of oxime groups is 1. The molecule has 2 aliphatic rings. The Kier molecular flexibility index (Phi) is 4.94. The minimum absolute atomic E-state index is 0.315. The highest BCUT2D eigenvalue weighted by Gasteiger charge is 2.52. The van der Waals surface area contributed by atoms with E-state index in [-0.39, 0.29) is 0 Å². The summed E-state index contributed by atoms with van der Waals surface area (Å²) >= 11 is 0. The summed E-state index contributed by atoms with van der Waals surface area (Å²) in [6.45, 7) is 0.315. The number of fused-ring (bicyclic) bond motifs is 1. The predicted molar refractivity (Wildman–Crippen MR) is 90.6 cm³/mol. The van der Waals surface area contributed by atoms with E-state index >= 15 is 0 Å². The highest BCUT2D eigenvalue weighted by Crippen LogP contribution is 2.35. The van der Waals surface area contributed by atoms with Crippen LogP contribution in [0.15, 0.2) is 66.1 Å². The molecule has 0 bridgehead atoms. The van der Waals surface area contributed by atoms with Gasteiger partial charge in [-0.3, -0.25) is 0 Å². The Morgan fingerprint density at radius 2 is 1.81 bits per heavy atom. The monoisotopic (exact) mass is 357 g/mol. The van der Waals surface area contributed by atoms with Gasteiger partial charge in [-0.25, -0.2) is 0 Å². The molecule has 0 spiro atoms. The quantitative estimate of drug-likeness (QED) is 0.515. The number of pyridine rings is 1. The molecule has 7 heteroatoms. The topological polar surface area (TPSA) is 73.4 Å². The van der Waals surface area contributed by atoms with Gasteiger partial charge >= 0.3 is 0 Å². The minimum Gasteiger partial charge on any atom is -0.411 e. The van der Waals surface area contributed by atoms with Gasteiger partial charge in [0.05, 0.1) is 6.61 Å². The first kappa shape index (κ1) is 17.1. The molecule has 0 aliphatic carbocycles. The van der Waals surface area contributed by atoms with Gasteiger partial charge < -0.3 is 24.2 Å². The molecule has 4 rings (SSSR count). The molecule has 3 heterocycles. The molecule has 1 aromatic heterocycles. The lowest BCUT2D eigenvalue weighted by Gasteiger charge is -2.42. The van der Waals surface area contributed by atoms with Gasteiger partial charge in [0.1, 0.15) is 12.2 Å². The van der Waals surface area contributed by atoms with E-state index in [9.17, 15) is 5.21 Å². The number of hydrogen-bond donors (Lipinski definition) is 1. The van der Waals surface area contributed by atoms with E-state index in [0.717, 1.165) is 5.56 Å². The average Bonchev–Trinajstić information content (AvgIpc) is 2.73. The Hall–Kier alpha value is -2.32. The maximum atomic E-state index is 9.77. The molecule has 1 aromatic carbocycles. The second kappa shape index (κ2) is 7.51. The zero-order chi connectivity index (χ0) is 17.9. The van der Waals surface area contributed by atoms with E-state index in [2.05, 4.69) is 5.16 Å². The summed E-state index contributed by atoms with van der Waals surface area (Å²) in [5.74, 6) is 0. The van der Waals surface area contributed by atoms with Crippen LogP contribution < -0.4 is 4.57 Å². The molecule has 1 N–H and O–H groups in total. The number of rotatable bonds is 3. The van der Waals surface area contributed by atoms with Gasteiger partial charge in [0.25, 0.3) is 6.04 Å². The summed E-state index contributed by atoms with van der Waals surface area (Å²) in [5, 5.41) is 13.3. The van der Waals surface area contributed by atoms with Gasteiger partial charge in [-0.1, -0.05) is 41.6 Å². The van der Waals surface area contributed by atoms with Gasteiger partial charge in [0.15, 0.2) is 24.4 Å². The second-order valence-corrected chi connectivity index (χ2v) is 6.20. The summed E-state index contributed by atoms with van der Waals surface area (Å²) < 4.78 is 25.4. The highest BCUT2D eigenvalue weighted by atomic mass is 16.7. The Morgan fingerprint density at radius 3 is 2.50 bits per heavy atom. The largest absolute Gasteiger partial charge is 0.411 e. The Morgan fingerprint density at radius 1 is 1.08 bits per heavy atom. The lowest BCUT2D eigenvalue weighted by molar-refractivity contribution is -0.724. The number of methoxy groups -OCH3 is 1. The fourth-order valence-corrected chi connectivity index (χ4v) is 3.43. The molecule has 0 saturated carbocycles. The van der Waals surface area contributed by atoms with Crippen LogP contribution in [0.4, 0.5) is 0 Å². The fraction of sp³-hybridized carbons (Fsp3) is 0.368. The first-order chi connectivity index (χ1) is 12.8. The SMILES string of the molecule is COC1OC2COC(c3ccccc3)OC2/C(=N/O)C1[n+]1ccccc1. The first-order valence-corrected chi connectivity index (χ1v) is 8.49. The third-order valence-corrected chi connectivity index (χ3v) is 4.66. The van der Waals surface area contributed by atoms with Crippen molar-refractivity contribution in [2.45, 2.75) is 30.8 Å². The predicted octanol–water partition coefficient (Wildman–Crippen LogP) is 1.83. The summed E-state index contributed by atoms with van der Waals surface area (Å²) in [6, 6.07) is 14.9. The van der Waals surface area contributed by atoms with Crippen LogP contribution in [0, 0.1) is 0 Å². The van der Waals surface area contributed by atoms with Crippen LogP contribution in [0.1, 0.15) is 17.9 Å². The van der Waals surface area contributed by atoms with Crippen LogP contribution in [-0.4, -0.2) is 43.1 Å². The lowest BCUT2D eigenvalue weighted by atomic mass is 9.96. The van der Waals surface area contributed by atoms with Crippen molar-refractivity contribution in [3.8, 4) is 0 Å². The van der Waals surface area contributed by atoms with Crippen molar-refractivity contribution in [2.75, 3.05) is 13.7 Å². The molecule has 2 aromatic rings. The second-order valence-electron chi connectivity index (χ2n) is 6.20. The van der Waals surface area contributed by atoms with E-state index in [1.165, 1.54) is 0 Å². The molecular formula is C19H21N2O5+. The molecule has 0 radical (unpaired) electrons. The van der Waals surface area contributed by atoms with Crippen LogP contribution in [0.3, 0.4) is 0 Å². The summed E-state index contributed by atoms with van der Waals surface area (Å²) in [5.41, 5.74) is 1.36. The third kappa shape index (κ3) is 3.10. The average molecular weight is 357 g/mol. The van der Waals surface area contributed by atoms with E-state index in [1.807, 2.05) is 65.5 Å². The van der Waals surface area contributed by atoms with Crippen molar-refractivity contribution in [3.63, 3.8) is 0 Å². The molecule has 2 aliphatic heterocycles. The molecule has 7 nitrogen and oxygen atoms in total. The standard InChI is InChI=1S/C19H20N2O5/c1-23-19-16(21-10-6-3-7-11-21)15(20-22)17-14(25-19)12-24-18(26-17)13-8-4-2-5-9-13/h2-11,14,16-19H,12H2,1H3/p+1/b20-15+. The minimum atomic E-state index is -0.616. The third-order valence-electron chi connectivity index (χ3n) is 4.66. The van der Waals surface area contributed by atoms with Gasteiger partial charge in [0.2, 0.25) is 6.29 Å². The fourth-order valence-electron chi connectivity index (χ4n) is 3.43. The number of aromatic nitrogens is 1. The number of hydrogen-bond acceptors (Lipinski definition) is 6. The van der Waals surface area contributed by atoms with Crippen molar-refractivity contribution >= 4 is 5.71 Å². The molecule has 2 saturated heterocycles. The first-order valence-electron chi connectivity index (χ1n) is 8.49. The van der Waals surface area contributed by atoms with Crippen molar-refractivity contribution in [1.82, 2.24) is 0 Å².